The number of hydrogen-bond acceptors (Lipinski definition) is 3. The molecular formula is C14H18BrNO2. The number of anilines is 1. The van der Waals surface area contributed by atoms with Gasteiger partial charge in [0.2, 0.25) is 0 Å². The molecule has 1 aromatic carbocycles. The second-order valence-electron chi connectivity index (χ2n) is 4.80. The van der Waals surface area contributed by atoms with Crippen molar-refractivity contribution in [1.82, 2.24) is 0 Å². The van der Waals surface area contributed by atoms with Crippen LogP contribution in [0.4, 0.5) is 5.69 Å². The summed E-state index contributed by atoms with van der Waals surface area (Å²) in [5, 5.41) is 0. The van der Waals surface area contributed by atoms with Crippen LogP contribution >= 0.6 is 15.9 Å². The Hall–Kier alpha value is -1.03. The van der Waals surface area contributed by atoms with Gasteiger partial charge in [-0.15, -0.1) is 0 Å². The maximum absolute atomic E-state index is 11.9. The monoisotopic (exact) mass is 311 g/mol. The highest BCUT2D eigenvalue weighted by Gasteiger charge is 2.18. The summed E-state index contributed by atoms with van der Waals surface area (Å²) >= 11 is 3.31. The number of carbonyl (C=O) groups excluding carboxylic acids is 1. The molecule has 2 rings (SSSR count). The molecule has 1 aliphatic rings. The van der Waals surface area contributed by atoms with Gasteiger partial charge in [-0.2, -0.15) is 0 Å². The first kappa shape index (κ1) is 13.4. The van der Waals surface area contributed by atoms with E-state index in [1.54, 1.807) is 12.1 Å². The summed E-state index contributed by atoms with van der Waals surface area (Å²) in [5.41, 5.74) is 6.74. The number of carbonyl (C=O) groups is 1. The second-order valence-corrected chi connectivity index (χ2v) is 5.66. The molecule has 0 radical (unpaired) electrons. The summed E-state index contributed by atoms with van der Waals surface area (Å²) in [5.74, 6) is 0.204. The first-order valence-electron chi connectivity index (χ1n) is 6.39. The number of para-hydroxylation sites is 1. The molecule has 98 valence electrons. The Morgan fingerprint density at radius 1 is 1.33 bits per heavy atom. The van der Waals surface area contributed by atoms with Crippen LogP contribution in [0, 0.1) is 5.92 Å². The summed E-state index contributed by atoms with van der Waals surface area (Å²) < 4.78 is 6.09. The van der Waals surface area contributed by atoms with Gasteiger partial charge in [-0.3, -0.25) is 0 Å². The Balaban J connectivity index is 1.93. The average Bonchev–Trinajstić information content (AvgIpc) is 2.40. The number of hydrogen-bond donors (Lipinski definition) is 1. The normalized spacial score (nSPS) is 16.5. The smallest absolute Gasteiger partial charge is 0.340 e. The van der Waals surface area contributed by atoms with Gasteiger partial charge < -0.3 is 10.5 Å². The van der Waals surface area contributed by atoms with Crippen molar-refractivity contribution in [2.75, 3.05) is 12.3 Å². The molecule has 4 heteroatoms. The number of nitrogen functional groups attached to an aromatic ring is 1. The third-order valence-corrected chi connectivity index (χ3v) is 4.14. The van der Waals surface area contributed by atoms with E-state index >= 15 is 0 Å². The Bertz CT molecular complexity index is 428. The first-order chi connectivity index (χ1) is 8.68. The molecule has 0 heterocycles. The summed E-state index contributed by atoms with van der Waals surface area (Å²) in [6.07, 6.45) is 6.15. The number of halogens is 1. The Morgan fingerprint density at radius 3 is 2.78 bits per heavy atom. The average molecular weight is 312 g/mol. The van der Waals surface area contributed by atoms with E-state index in [1.807, 2.05) is 6.07 Å². The van der Waals surface area contributed by atoms with E-state index in [2.05, 4.69) is 15.9 Å². The van der Waals surface area contributed by atoms with Crippen LogP contribution in [0.25, 0.3) is 0 Å². The van der Waals surface area contributed by atoms with Crippen molar-refractivity contribution in [3.8, 4) is 0 Å². The van der Waals surface area contributed by atoms with Crippen LogP contribution < -0.4 is 5.73 Å². The predicted molar refractivity (Wildman–Crippen MR) is 75.4 cm³/mol. The van der Waals surface area contributed by atoms with Crippen molar-refractivity contribution >= 4 is 27.6 Å². The topological polar surface area (TPSA) is 52.3 Å². The van der Waals surface area contributed by atoms with E-state index in [-0.39, 0.29) is 5.97 Å². The number of rotatable bonds is 3. The van der Waals surface area contributed by atoms with Crippen molar-refractivity contribution in [3.63, 3.8) is 0 Å². The highest BCUT2D eigenvalue weighted by atomic mass is 79.9. The molecule has 0 atom stereocenters. The molecule has 0 saturated heterocycles. The first-order valence-corrected chi connectivity index (χ1v) is 7.19. The van der Waals surface area contributed by atoms with Crippen LogP contribution in [0.3, 0.4) is 0 Å². The lowest BCUT2D eigenvalue weighted by atomic mass is 9.90. The molecule has 0 amide bonds. The molecule has 0 aromatic heterocycles. The zero-order valence-electron chi connectivity index (χ0n) is 10.3. The van der Waals surface area contributed by atoms with Crippen LogP contribution in [0.15, 0.2) is 22.7 Å². The molecule has 3 nitrogen and oxygen atoms in total. The molecule has 1 aliphatic carbocycles. The van der Waals surface area contributed by atoms with Gasteiger partial charge in [-0.1, -0.05) is 25.3 Å². The fourth-order valence-corrected chi connectivity index (χ4v) is 2.71. The minimum absolute atomic E-state index is 0.320. The summed E-state index contributed by atoms with van der Waals surface area (Å²) in [7, 11) is 0. The van der Waals surface area contributed by atoms with Gasteiger partial charge in [-0.25, -0.2) is 4.79 Å². The summed E-state index contributed by atoms with van der Waals surface area (Å²) in [6.45, 7) is 0.519. The quantitative estimate of drug-likeness (QED) is 0.683. The lowest BCUT2D eigenvalue weighted by Gasteiger charge is -2.21. The van der Waals surface area contributed by atoms with Gasteiger partial charge in [-0.05, 0) is 46.8 Å². The second kappa shape index (κ2) is 6.23. The van der Waals surface area contributed by atoms with Crippen LogP contribution in [0.5, 0.6) is 0 Å². The predicted octanol–water partition coefficient (Wildman–Crippen LogP) is 3.77. The number of ether oxygens (including phenoxy) is 1. The highest BCUT2D eigenvalue weighted by Crippen LogP contribution is 2.26. The molecule has 0 bridgehead atoms. The van der Waals surface area contributed by atoms with E-state index in [0.29, 0.717) is 23.8 Å². The van der Waals surface area contributed by atoms with Crippen molar-refractivity contribution < 1.29 is 9.53 Å². The van der Waals surface area contributed by atoms with Crippen LogP contribution in [-0.4, -0.2) is 12.6 Å². The van der Waals surface area contributed by atoms with Gasteiger partial charge in [0.05, 0.1) is 17.9 Å². The molecule has 1 fully saturated rings. The number of esters is 1. The highest BCUT2D eigenvalue weighted by molar-refractivity contribution is 9.10. The molecule has 2 N–H and O–H groups in total. The van der Waals surface area contributed by atoms with Crippen molar-refractivity contribution in [3.05, 3.63) is 28.2 Å². The van der Waals surface area contributed by atoms with Gasteiger partial charge in [0, 0.05) is 4.47 Å². The lowest BCUT2D eigenvalue weighted by molar-refractivity contribution is 0.0411. The van der Waals surface area contributed by atoms with Crippen LogP contribution in [-0.2, 0) is 4.74 Å². The van der Waals surface area contributed by atoms with E-state index < -0.39 is 0 Å². The van der Waals surface area contributed by atoms with Gasteiger partial charge in [0.15, 0.2) is 0 Å². The molecule has 0 aliphatic heterocycles. The number of benzene rings is 1. The summed E-state index contributed by atoms with van der Waals surface area (Å²) in [6, 6.07) is 5.30. The van der Waals surface area contributed by atoms with Gasteiger partial charge in [0.25, 0.3) is 0 Å². The third kappa shape index (κ3) is 3.25. The van der Waals surface area contributed by atoms with Crippen LogP contribution in [0.2, 0.25) is 0 Å². The van der Waals surface area contributed by atoms with Crippen molar-refractivity contribution in [2.24, 2.45) is 5.92 Å². The lowest BCUT2D eigenvalue weighted by Crippen LogP contribution is -2.17. The molecular weight excluding hydrogens is 294 g/mol. The van der Waals surface area contributed by atoms with E-state index in [0.717, 1.165) is 4.47 Å². The Labute approximate surface area is 116 Å². The van der Waals surface area contributed by atoms with Crippen molar-refractivity contribution in [2.45, 2.75) is 32.1 Å². The molecule has 1 saturated carbocycles. The largest absolute Gasteiger partial charge is 0.462 e. The van der Waals surface area contributed by atoms with E-state index in [4.69, 9.17) is 10.5 Å². The van der Waals surface area contributed by atoms with Gasteiger partial charge in [0.1, 0.15) is 0 Å². The SMILES string of the molecule is Nc1c(Br)cccc1C(=O)OCC1CCCCC1. The zero-order valence-corrected chi connectivity index (χ0v) is 11.9. The van der Waals surface area contributed by atoms with E-state index in [1.165, 1.54) is 32.1 Å². The molecule has 1 aromatic rings. The molecule has 0 spiro atoms. The Morgan fingerprint density at radius 2 is 2.06 bits per heavy atom. The maximum atomic E-state index is 11.9. The van der Waals surface area contributed by atoms with Crippen LogP contribution in [0.1, 0.15) is 42.5 Å². The standard InChI is InChI=1S/C14H18BrNO2/c15-12-8-4-7-11(13(12)16)14(17)18-9-10-5-2-1-3-6-10/h4,7-8,10H,1-3,5-6,9,16H2. The summed E-state index contributed by atoms with van der Waals surface area (Å²) in [4.78, 5) is 11.9. The van der Waals surface area contributed by atoms with E-state index in [9.17, 15) is 4.79 Å². The zero-order chi connectivity index (χ0) is 13.0. The Kier molecular flexibility index (Phi) is 4.64. The third-order valence-electron chi connectivity index (χ3n) is 3.45. The molecule has 18 heavy (non-hydrogen) atoms. The fraction of sp³-hybridized carbons (Fsp3) is 0.500. The number of nitrogens with two attached hydrogens (primary N) is 1. The van der Waals surface area contributed by atoms with Gasteiger partial charge >= 0.3 is 5.97 Å². The molecule has 0 unspecified atom stereocenters. The minimum Gasteiger partial charge on any atom is -0.462 e. The van der Waals surface area contributed by atoms with Crippen molar-refractivity contribution in [1.29, 1.82) is 0 Å². The maximum Gasteiger partial charge on any atom is 0.340 e. The minimum atomic E-state index is -0.320. The fourth-order valence-electron chi connectivity index (χ4n) is 2.34.